The summed E-state index contributed by atoms with van der Waals surface area (Å²) < 4.78 is 2.17. The van der Waals surface area contributed by atoms with Crippen LogP contribution in [-0.4, -0.2) is 28.6 Å². The van der Waals surface area contributed by atoms with Crippen LogP contribution in [0, 0.1) is 12.8 Å². The third-order valence-electron chi connectivity index (χ3n) is 3.80. The number of nitrogens with one attached hydrogen (secondary N) is 1. The molecule has 2 rings (SSSR count). The minimum atomic E-state index is 0. The Morgan fingerprint density at radius 3 is 2.90 bits per heavy atom. The highest BCUT2D eigenvalue weighted by molar-refractivity contribution is 14.0. The summed E-state index contributed by atoms with van der Waals surface area (Å²) in [6.07, 6.45) is 10.1. The molecule has 0 saturated heterocycles. The molecule has 1 heterocycles. The normalized spacial score (nSPS) is 15.6. The molecule has 1 aliphatic carbocycles. The number of nitrogens with zero attached hydrogens (tertiary/aromatic N) is 3. The molecule has 0 spiro atoms. The maximum absolute atomic E-state index is 5.83. The van der Waals surface area contributed by atoms with E-state index in [2.05, 4.69) is 19.9 Å². The molecule has 114 valence electrons. The van der Waals surface area contributed by atoms with E-state index in [9.17, 15) is 0 Å². The predicted octanol–water partition coefficient (Wildman–Crippen LogP) is 2.29. The average molecular weight is 391 g/mol. The largest absolute Gasteiger partial charge is 0.370 e. The molecule has 1 aliphatic rings. The second-order valence-corrected chi connectivity index (χ2v) is 5.32. The summed E-state index contributed by atoms with van der Waals surface area (Å²) in [4.78, 5) is 8.58. The van der Waals surface area contributed by atoms with Crippen molar-refractivity contribution in [2.24, 2.45) is 16.6 Å². The molecule has 0 atom stereocenters. The van der Waals surface area contributed by atoms with Crippen molar-refractivity contribution in [2.75, 3.05) is 13.1 Å². The maximum Gasteiger partial charge on any atom is 0.188 e. The standard InChI is InChI=1S/C14H25N5.HI/c1-12-16-8-10-19(12)9-3-2-7-17-14(15)18-11-13-5-4-6-13;/h8,10,13H,2-7,9,11H2,1H3,(H3,15,17,18);1H. The van der Waals surface area contributed by atoms with Crippen LogP contribution in [0.4, 0.5) is 0 Å². The number of aryl methyl sites for hydroxylation is 2. The van der Waals surface area contributed by atoms with Gasteiger partial charge in [0.2, 0.25) is 0 Å². The Morgan fingerprint density at radius 1 is 1.50 bits per heavy atom. The molecule has 20 heavy (non-hydrogen) atoms. The summed E-state index contributed by atoms with van der Waals surface area (Å²) in [7, 11) is 0. The summed E-state index contributed by atoms with van der Waals surface area (Å²) >= 11 is 0. The molecule has 0 bridgehead atoms. The summed E-state index contributed by atoms with van der Waals surface area (Å²) in [5.74, 6) is 2.46. The monoisotopic (exact) mass is 391 g/mol. The second-order valence-electron chi connectivity index (χ2n) is 5.32. The van der Waals surface area contributed by atoms with E-state index >= 15 is 0 Å². The van der Waals surface area contributed by atoms with Crippen LogP contribution in [0.1, 0.15) is 37.9 Å². The fourth-order valence-corrected chi connectivity index (χ4v) is 2.22. The van der Waals surface area contributed by atoms with E-state index in [0.29, 0.717) is 5.96 Å². The van der Waals surface area contributed by atoms with Gasteiger partial charge in [-0.05, 0) is 38.5 Å². The number of guanidine groups is 1. The van der Waals surface area contributed by atoms with Crippen molar-refractivity contribution in [3.63, 3.8) is 0 Å². The van der Waals surface area contributed by atoms with E-state index in [-0.39, 0.29) is 24.0 Å². The van der Waals surface area contributed by atoms with Crippen molar-refractivity contribution in [2.45, 2.75) is 45.6 Å². The second kappa shape index (κ2) is 9.20. The first-order chi connectivity index (χ1) is 9.25. The Balaban J connectivity index is 0.00000200. The smallest absolute Gasteiger partial charge is 0.188 e. The zero-order valence-electron chi connectivity index (χ0n) is 12.2. The van der Waals surface area contributed by atoms with Crippen molar-refractivity contribution in [3.8, 4) is 0 Å². The van der Waals surface area contributed by atoms with Crippen LogP contribution in [0.2, 0.25) is 0 Å². The first-order valence-corrected chi connectivity index (χ1v) is 7.27. The number of aliphatic imine (C=N–C) groups is 1. The lowest BCUT2D eigenvalue weighted by atomic mass is 9.86. The van der Waals surface area contributed by atoms with E-state index in [1.807, 2.05) is 19.3 Å². The van der Waals surface area contributed by atoms with Crippen molar-refractivity contribution < 1.29 is 0 Å². The lowest BCUT2D eigenvalue weighted by Gasteiger charge is -2.23. The SMILES string of the molecule is Cc1nccn1CCCCNC(N)=NCC1CCC1.I. The van der Waals surface area contributed by atoms with Gasteiger partial charge < -0.3 is 15.6 Å². The van der Waals surface area contributed by atoms with Gasteiger partial charge in [-0.3, -0.25) is 4.99 Å². The molecule has 5 nitrogen and oxygen atoms in total. The van der Waals surface area contributed by atoms with Crippen LogP contribution in [0.5, 0.6) is 0 Å². The number of halogens is 1. The topological polar surface area (TPSA) is 68.2 Å². The van der Waals surface area contributed by atoms with Gasteiger partial charge in [0, 0.05) is 32.0 Å². The van der Waals surface area contributed by atoms with Gasteiger partial charge >= 0.3 is 0 Å². The molecule has 1 aromatic heterocycles. The van der Waals surface area contributed by atoms with Gasteiger partial charge in [0.25, 0.3) is 0 Å². The van der Waals surface area contributed by atoms with Crippen molar-refractivity contribution in [3.05, 3.63) is 18.2 Å². The highest BCUT2D eigenvalue weighted by atomic mass is 127. The molecule has 0 aromatic carbocycles. The van der Waals surface area contributed by atoms with Crippen molar-refractivity contribution in [1.29, 1.82) is 0 Å². The average Bonchev–Trinajstić information content (AvgIpc) is 2.73. The minimum absolute atomic E-state index is 0. The minimum Gasteiger partial charge on any atom is -0.370 e. The molecular weight excluding hydrogens is 365 g/mol. The summed E-state index contributed by atoms with van der Waals surface area (Å²) in [6.45, 7) is 4.84. The fourth-order valence-electron chi connectivity index (χ4n) is 2.22. The number of imidazole rings is 1. The highest BCUT2D eigenvalue weighted by Gasteiger charge is 2.16. The third-order valence-corrected chi connectivity index (χ3v) is 3.80. The summed E-state index contributed by atoms with van der Waals surface area (Å²) in [5.41, 5.74) is 5.83. The van der Waals surface area contributed by atoms with Gasteiger partial charge in [-0.2, -0.15) is 0 Å². The van der Waals surface area contributed by atoms with E-state index in [0.717, 1.165) is 44.2 Å². The molecule has 0 radical (unpaired) electrons. The third kappa shape index (κ3) is 5.68. The molecular formula is C14H26IN5. The lowest BCUT2D eigenvalue weighted by Crippen LogP contribution is -2.33. The number of hydrogen-bond donors (Lipinski definition) is 2. The molecule has 1 fully saturated rings. The molecule has 3 N–H and O–H groups in total. The van der Waals surface area contributed by atoms with E-state index in [1.165, 1.54) is 19.3 Å². The summed E-state index contributed by atoms with van der Waals surface area (Å²) in [5, 5.41) is 3.18. The molecule has 6 heteroatoms. The number of hydrogen-bond acceptors (Lipinski definition) is 2. The zero-order valence-corrected chi connectivity index (χ0v) is 14.5. The Labute approximate surface area is 138 Å². The van der Waals surface area contributed by atoms with E-state index in [4.69, 9.17) is 5.73 Å². The van der Waals surface area contributed by atoms with Gasteiger partial charge in [0.05, 0.1) is 0 Å². The molecule has 1 saturated carbocycles. The van der Waals surface area contributed by atoms with Crippen molar-refractivity contribution in [1.82, 2.24) is 14.9 Å². The number of rotatable bonds is 7. The maximum atomic E-state index is 5.83. The molecule has 0 aliphatic heterocycles. The van der Waals surface area contributed by atoms with Crippen LogP contribution in [0.15, 0.2) is 17.4 Å². The zero-order chi connectivity index (χ0) is 13.5. The Kier molecular flexibility index (Phi) is 7.94. The lowest BCUT2D eigenvalue weighted by molar-refractivity contribution is 0.326. The quantitative estimate of drug-likeness (QED) is 0.324. The van der Waals surface area contributed by atoms with Gasteiger partial charge in [0.15, 0.2) is 5.96 Å². The van der Waals surface area contributed by atoms with Crippen LogP contribution in [0.25, 0.3) is 0 Å². The summed E-state index contributed by atoms with van der Waals surface area (Å²) in [6, 6.07) is 0. The first kappa shape index (κ1) is 17.3. The molecule has 0 amide bonds. The Bertz CT molecular complexity index is 411. The van der Waals surface area contributed by atoms with Gasteiger partial charge in [0.1, 0.15) is 5.82 Å². The Morgan fingerprint density at radius 2 is 2.30 bits per heavy atom. The number of unbranched alkanes of at least 4 members (excludes halogenated alkanes) is 1. The van der Waals surface area contributed by atoms with Crippen LogP contribution < -0.4 is 11.1 Å². The molecule has 0 unspecified atom stereocenters. The number of aromatic nitrogens is 2. The predicted molar refractivity (Wildman–Crippen MR) is 93.4 cm³/mol. The number of nitrogens with two attached hydrogens (primary N) is 1. The van der Waals surface area contributed by atoms with E-state index < -0.39 is 0 Å². The molecule has 1 aromatic rings. The highest BCUT2D eigenvalue weighted by Crippen LogP contribution is 2.26. The Hall–Kier alpha value is -0.790. The first-order valence-electron chi connectivity index (χ1n) is 7.27. The van der Waals surface area contributed by atoms with Gasteiger partial charge in [-0.15, -0.1) is 24.0 Å². The van der Waals surface area contributed by atoms with Gasteiger partial charge in [-0.1, -0.05) is 6.42 Å². The fraction of sp³-hybridized carbons (Fsp3) is 0.714. The van der Waals surface area contributed by atoms with E-state index in [1.54, 1.807) is 0 Å². The van der Waals surface area contributed by atoms with Gasteiger partial charge in [-0.25, -0.2) is 4.98 Å². The van der Waals surface area contributed by atoms with Crippen molar-refractivity contribution >= 4 is 29.9 Å². The van der Waals surface area contributed by atoms with Crippen LogP contribution in [0.3, 0.4) is 0 Å². The van der Waals surface area contributed by atoms with Crippen LogP contribution >= 0.6 is 24.0 Å². The van der Waals surface area contributed by atoms with Crippen LogP contribution in [-0.2, 0) is 6.54 Å².